The number of pyridine rings is 1. The Kier molecular flexibility index (Phi) is 7.17. The van der Waals surface area contributed by atoms with E-state index >= 15 is 0 Å². The van der Waals surface area contributed by atoms with Crippen LogP contribution in [-0.4, -0.2) is 26.8 Å². The highest BCUT2D eigenvalue weighted by atomic mass is 16.4. The van der Waals surface area contributed by atoms with Crippen LogP contribution >= 0.6 is 0 Å². The Balaban J connectivity index is 1.90. The Morgan fingerprint density at radius 1 is 1.06 bits per heavy atom. The van der Waals surface area contributed by atoms with Crippen LogP contribution in [0.3, 0.4) is 0 Å². The zero-order chi connectivity index (χ0) is 24.1. The van der Waals surface area contributed by atoms with Gasteiger partial charge in [0, 0.05) is 18.3 Å². The number of urea groups is 1. The van der Waals surface area contributed by atoms with Crippen molar-refractivity contribution in [3.8, 4) is 16.9 Å². The van der Waals surface area contributed by atoms with Gasteiger partial charge in [-0.25, -0.2) is 4.79 Å². The summed E-state index contributed by atoms with van der Waals surface area (Å²) < 4.78 is 1.37. The summed E-state index contributed by atoms with van der Waals surface area (Å²) >= 11 is 0. The van der Waals surface area contributed by atoms with E-state index in [0.29, 0.717) is 17.7 Å². The van der Waals surface area contributed by atoms with Gasteiger partial charge in [-0.15, -0.1) is 0 Å². The average Bonchev–Trinajstić information content (AvgIpc) is 2.78. The molecule has 1 aromatic heterocycles. The van der Waals surface area contributed by atoms with Gasteiger partial charge in [0.2, 0.25) is 0 Å². The number of carboxylic acids is 1. The summed E-state index contributed by atoms with van der Waals surface area (Å²) in [6.07, 6.45) is 1.15. The van der Waals surface area contributed by atoms with Crippen LogP contribution in [0.15, 0.2) is 59.5 Å². The number of aromatic nitrogens is 1. The number of aliphatic carboxylic acids is 1. The van der Waals surface area contributed by atoms with Gasteiger partial charge in [0.05, 0.1) is 12.5 Å². The highest BCUT2D eigenvalue weighted by molar-refractivity contribution is 5.91. The van der Waals surface area contributed by atoms with Gasteiger partial charge in [0.1, 0.15) is 5.75 Å². The molecule has 0 aliphatic rings. The minimum absolute atomic E-state index is 0.253. The molecule has 8 heteroatoms. The van der Waals surface area contributed by atoms with E-state index in [1.54, 1.807) is 26.0 Å². The van der Waals surface area contributed by atoms with Crippen molar-refractivity contribution in [2.45, 2.75) is 39.8 Å². The molecule has 0 unspecified atom stereocenters. The molecule has 0 saturated carbocycles. The molecule has 0 spiro atoms. The first-order valence-corrected chi connectivity index (χ1v) is 10.6. The molecule has 1 atom stereocenters. The Bertz CT molecular complexity index is 1250. The summed E-state index contributed by atoms with van der Waals surface area (Å²) in [7, 11) is 0. The summed E-state index contributed by atoms with van der Waals surface area (Å²) in [4.78, 5) is 36.8. The minimum atomic E-state index is -1.09. The lowest BCUT2D eigenvalue weighted by atomic mass is 9.95. The molecule has 3 aromatic rings. The fourth-order valence-electron chi connectivity index (χ4n) is 3.70. The van der Waals surface area contributed by atoms with E-state index in [-0.39, 0.29) is 17.9 Å². The molecule has 0 radical (unpaired) electrons. The third kappa shape index (κ3) is 5.41. The summed E-state index contributed by atoms with van der Waals surface area (Å²) in [6, 6.07) is 13.5. The van der Waals surface area contributed by atoms with E-state index < -0.39 is 23.6 Å². The first-order chi connectivity index (χ1) is 15.7. The van der Waals surface area contributed by atoms with Gasteiger partial charge in [0.15, 0.2) is 5.69 Å². The van der Waals surface area contributed by atoms with Crippen molar-refractivity contribution in [1.29, 1.82) is 0 Å². The zero-order valence-corrected chi connectivity index (χ0v) is 18.8. The van der Waals surface area contributed by atoms with E-state index in [1.807, 2.05) is 43.3 Å². The Morgan fingerprint density at radius 3 is 2.45 bits per heavy atom. The van der Waals surface area contributed by atoms with Crippen LogP contribution in [0.4, 0.5) is 10.5 Å². The Hall–Kier alpha value is -4.07. The molecule has 4 N–H and O–H groups in total. The molecular formula is C25H27N3O5. The number of benzene rings is 2. The van der Waals surface area contributed by atoms with Crippen LogP contribution in [0.1, 0.15) is 36.1 Å². The molecule has 8 nitrogen and oxygen atoms in total. The van der Waals surface area contributed by atoms with Gasteiger partial charge in [0.25, 0.3) is 5.56 Å². The molecule has 2 aromatic carbocycles. The van der Waals surface area contributed by atoms with Gasteiger partial charge in [-0.2, -0.15) is 0 Å². The number of nitrogens with one attached hydrogen (secondary N) is 2. The first kappa shape index (κ1) is 23.6. The van der Waals surface area contributed by atoms with Crippen LogP contribution in [-0.2, 0) is 11.3 Å². The maximum Gasteiger partial charge on any atom is 0.319 e. The minimum Gasteiger partial charge on any atom is -0.505 e. The van der Waals surface area contributed by atoms with Crippen LogP contribution < -0.4 is 16.2 Å². The topological polar surface area (TPSA) is 121 Å². The van der Waals surface area contributed by atoms with Crippen molar-refractivity contribution in [2.75, 3.05) is 5.32 Å². The number of aryl methyl sites for hydroxylation is 3. The molecule has 172 valence electrons. The number of amides is 2. The van der Waals surface area contributed by atoms with Crippen molar-refractivity contribution in [3.63, 3.8) is 0 Å². The zero-order valence-electron chi connectivity index (χ0n) is 18.8. The largest absolute Gasteiger partial charge is 0.505 e. The average molecular weight is 450 g/mol. The quantitative estimate of drug-likeness (QED) is 0.431. The number of carbonyl (C=O) groups excluding carboxylic acids is 1. The van der Waals surface area contributed by atoms with Crippen molar-refractivity contribution in [2.24, 2.45) is 0 Å². The summed E-state index contributed by atoms with van der Waals surface area (Å²) in [5.74, 6) is -1.41. The standard InChI is InChI=1S/C25H27N3O5/c1-4-28-14-16(3)23(31)22(24(28)32)27-25(33)26-20(13-21(29)30)18-10-7-9-17(12-18)19-11-6-5-8-15(19)2/h5-12,14,20,31H,4,13H2,1-3H3,(H,29,30)(H2,26,27,33)/t20-/m0/s1. The summed E-state index contributed by atoms with van der Waals surface area (Å²) in [6.45, 7) is 5.74. The van der Waals surface area contributed by atoms with Crippen molar-refractivity contribution >= 4 is 17.7 Å². The van der Waals surface area contributed by atoms with Gasteiger partial charge < -0.3 is 25.4 Å². The lowest BCUT2D eigenvalue weighted by molar-refractivity contribution is -0.137. The predicted molar refractivity (Wildman–Crippen MR) is 127 cm³/mol. The molecule has 1 heterocycles. The summed E-state index contributed by atoms with van der Waals surface area (Å²) in [5.41, 5.74) is 3.20. The fourth-order valence-corrected chi connectivity index (χ4v) is 3.70. The Labute approximate surface area is 191 Å². The number of aromatic hydroxyl groups is 1. The van der Waals surface area contributed by atoms with Gasteiger partial charge in [-0.05, 0) is 49.1 Å². The number of hydrogen-bond acceptors (Lipinski definition) is 4. The predicted octanol–water partition coefficient (Wildman–Crippen LogP) is 4.20. The lowest BCUT2D eigenvalue weighted by Gasteiger charge is -2.20. The van der Waals surface area contributed by atoms with E-state index in [2.05, 4.69) is 10.6 Å². The number of nitrogens with zero attached hydrogens (tertiary/aromatic N) is 1. The van der Waals surface area contributed by atoms with E-state index in [0.717, 1.165) is 16.7 Å². The van der Waals surface area contributed by atoms with Gasteiger partial charge in [-0.1, -0.05) is 42.5 Å². The number of carboxylic acid groups (broad SMARTS) is 1. The molecule has 0 saturated heterocycles. The van der Waals surface area contributed by atoms with Crippen molar-refractivity contribution < 1.29 is 19.8 Å². The number of rotatable bonds is 7. The third-order valence-electron chi connectivity index (χ3n) is 5.44. The lowest BCUT2D eigenvalue weighted by Crippen LogP contribution is -2.36. The number of hydrogen-bond donors (Lipinski definition) is 4. The maximum atomic E-state index is 12.7. The highest BCUT2D eigenvalue weighted by Gasteiger charge is 2.21. The molecule has 0 fully saturated rings. The van der Waals surface area contributed by atoms with E-state index in [1.165, 1.54) is 10.8 Å². The van der Waals surface area contributed by atoms with E-state index in [9.17, 15) is 24.6 Å². The smallest absolute Gasteiger partial charge is 0.319 e. The maximum absolute atomic E-state index is 12.7. The molecule has 3 rings (SSSR count). The molecule has 0 aliphatic carbocycles. The van der Waals surface area contributed by atoms with E-state index in [4.69, 9.17) is 0 Å². The van der Waals surface area contributed by atoms with Crippen LogP contribution in [0.25, 0.3) is 11.1 Å². The second kappa shape index (κ2) is 10.0. The van der Waals surface area contributed by atoms with Crippen molar-refractivity contribution in [1.82, 2.24) is 9.88 Å². The summed E-state index contributed by atoms with van der Waals surface area (Å²) in [5, 5.41) is 24.7. The normalized spacial score (nSPS) is 11.6. The Morgan fingerprint density at radius 2 is 1.79 bits per heavy atom. The first-order valence-electron chi connectivity index (χ1n) is 10.6. The second-order valence-electron chi connectivity index (χ2n) is 7.82. The molecule has 0 bridgehead atoms. The molecule has 0 aliphatic heterocycles. The van der Waals surface area contributed by atoms with Crippen molar-refractivity contribution in [3.05, 3.63) is 81.8 Å². The van der Waals surface area contributed by atoms with Crippen LogP contribution in [0.2, 0.25) is 0 Å². The van der Waals surface area contributed by atoms with Crippen LogP contribution in [0, 0.1) is 13.8 Å². The SMILES string of the molecule is CCn1cc(C)c(O)c(NC(=O)N[C@@H](CC(=O)O)c2cccc(-c3ccccc3C)c2)c1=O. The van der Waals surface area contributed by atoms with Crippen LogP contribution in [0.5, 0.6) is 5.75 Å². The monoisotopic (exact) mass is 449 g/mol. The highest BCUT2D eigenvalue weighted by Crippen LogP contribution is 2.28. The number of carbonyl (C=O) groups is 2. The van der Waals surface area contributed by atoms with Gasteiger partial charge in [-0.3, -0.25) is 9.59 Å². The third-order valence-corrected chi connectivity index (χ3v) is 5.44. The number of anilines is 1. The molecule has 2 amide bonds. The molecular weight excluding hydrogens is 422 g/mol. The fraction of sp³-hybridized carbons (Fsp3) is 0.240. The molecule has 33 heavy (non-hydrogen) atoms. The second-order valence-corrected chi connectivity index (χ2v) is 7.82. The van der Waals surface area contributed by atoms with Gasteiger partial charge >= 0.3 is 12.0 Å².